The minimum atomic E-state index is -0.0316. The normalized spacial score (nSPS) is 10.4. The van der Waals surface area contributed by atoms with Crippen molar-refractivity contribution in [3.63, 3.8) is 0 Å². The molecule has 5 nitrogen and oxygen atoms in total. The van der Waals surface area contributed by atoms with Crippen molar-refractivity contribution in [3.05, 3.63) is 47.3 Å². The first-order valence-electron chi connectivity index (χ1n) is 5.87. The Labute approximate surface area is 111 Å². The molecule has 1 aromatic carbocycles. The Hall–Kier alpha value is -2.14. The highest BCUT2D eigenvalue weighted by molar-refractivity contribution is 5.96. The van der Waals surface area contributed by atoms with Crippen molar-refractivity contribution in [2.75, 3.05) is 7.11 Å². The molecule has 0 aliphatic carbocycles. The molecule has 0 fully saturated rings. The highest BCUT2D eigenvalue weighted by atomic mass is 16.5. The minimum Gasteiger partial charge on any atom is -0.486 e. The average Bonchev–Trinajstić information content (AvgIpc) is 2.85. The zero-order valence-corrected chi connectivity index (χ0v) is 10.9. The number of methoxy groups -OCH3 is 1. The molecule has 100 valence electrons. The predicted molar refractivity (Wildman–Crippen MR) is 68.0 cm³/mol. The summed E-state index contributed by atoms with van der Waals surface area (Å²) in [7, 11) is 1.59. The zero-order chi connectivity index (χ0) is 13.7. The third-order valence-corrected chi connectivity index (χ3v) is 2.54. The van der Waals surface area contributed by atoms with E-state index in [1.807, 2.05) is 6.07 Å². The van der Waals surface area contributed by atoms with Gasteiger partial charge in [0.05, 0.1) is 5.56 Å². The average molecular weight is 261 g/mol. The number of carbonyl (C=O) groups is 1. The van der Waals surface area contributed by atoms with Gasteiger partial charge in [0.1, 0.15) is 24.7 Å². The molecule has 0 saturated carbocycles. The lowest BCUT2D eigenvalue weighted by atomic mass is 10.1. The Kier molecular flexibility index (Phi) is 4.30. The van der Waals surface area contributed by atoms with Gasteiger partial charge in [0, 0.05) is 13.2 Å². The van der Waals surface area contributed by atoms with Crippen molar-refractivity contribution >= 4 is 5.78 Å². The van der Waals surface area contributed by atoms with Crippen LogP contribution in [0.3, 0.4) is 0 Å². The van der Waals surface area contributed by atoms with E-state index in [1.165, 1.54) is 6.92 Å². The number of Topliss-reactive ketones (excluding diaryl/α,β-unsaturated/α-hetero) is 1. The van der Waals surface area contributed by atoms with Crippen LogP contribution >= 0.6 is 0 Å². The molecule has 1 aromatic heterocycles. The van der Waals surface area contributed by atoms with Gasteiger partial charge >= 0.3 is 0 Å². The Morgan fingerprint density at radius 2 is 2.11 bits per heavy atom. The van der Waals surface area contributed by atoms with Gasteiger partial charge in [-0.3, -0.25) is 4.79 Å². The summed E-state index contributed by atoms with van der Waals surface area (Å²) in [6, 6.07) is 8.88. The van der Waals surface area contributed by atoms with Gasteiger partial charge in [-0.1, -0.05) is 17.3 Å². The summed E-state index contributed by atoms with van der Waals surface area (Å²) in [5.41, 5.74) is 1.22. The molecular formula is C14H15NO4. The summed E-state index contributed by atoms with van der Waals surface area (Å²) in [6.07, 6.45) is 0. The summed E-state index contributed by atoms with van der Waals surface area (Å²) in [5, 5.41) is 3.86. The third kappa shape index (κ3) is 3.42. The molecule has 0 N–H and O–H groups in total. The molecule has 2 rings (SSSR count). The number of aromatic nitrogens is 1. The van der Waals surface area contributed by atoms with Gasteiger partial charge in [-0.05, 0) is 19.1 Å². The smallest absolute Gasteiger partial charge is 0.163 e. The molecule has 2 aromatic rings. The highest BCUT2D eigenvalue weighted by Crippen LogP contribution is 2.19. The number of hydrogen-bond donors (Lipinski definition) is 0. The molecule has 0 spiro atoms. The van der Waals surface area contributed by atoms with E-state index in [0.717, 1.165) is 0 Å². The van der Waals surface area contributed by atoms with Crippen LogP contribution in [-0.2, 0) is 18.0 Å². The third-order valence-electron chi connectivity index (χ3n) is 2.54. The number of hydrogen-bond acceptors (Lipinski definition) is 5. The zero-order valence-electron chi connectivity index (χ0n) is 10.9. The number of para-hydroxylation sites is 1. The van der Waals surface area contributed by atoms with Crippen molar-refractivity contribution in [3.8, 4) is 5.75 Å². The van der Waals surface area contributed by atoms with E-state index in [-0.39, 0.29) is 12.4 Å². The van der Waals surface area contributed by atoms with Gasteiger partial charge in [0.15, 0.2) is 11.5 Å². The standard InChI is InChI=1S/C14H15NO4/c1-10(16)13-5-3-4-6-14(13)18-8-11-7-12(9-17-2)19-15-11/h3-7H,8-9H2,1-2H3. The van der Waals surface area contributed by atoms with Crippen LogP contribution in [0, 0.1) is 0 Å². The summed E-state index contributed by atoms with van der Waals surface area (Å²) in [6.45, 7) is 2.13. The molecular weight excluding hydrogens is 246 g/mol. The molecule has 0 amide bonds. The quantitative estimate of drug-likeness (QED) is 0.748. The maximum atomic E-state index is 11.4. The molecule has 0 atom stereocenters. The molecule has 0 aliphatic heterocycles. The Morgan fingerprint density at radius 1 is 1.32 bits per heavy atom. The Bertz CT molecular complexity index is 562. The van der Waals surface area contributed by atoms with Crippen LogP contribution in [0.2, 0.25) is 0 Å². The van der Waals surface area contributed by atoms with Crippen LogP contribution in [0.1, 0.15) is 28.7 Å². The van der Waals surface area contributed by atoms with E-state index in [9.17, 15) is 4.79 Å². The van der Waals surface area contributed by atoms with Crippen LogP contribution in [-0.4, -0.2) is 18.0 Å². The van der Waals surface area contributed by atoms with E-state index in [4.69, 9.17) is 14.0 Å². The van der Waals surface area contributed by atoms with Gasteiger partial charge in [0.25, 0.3) is 0 Å². The topological polar surface area (TPSA) is 61.6 Å². The van der Waals surface area contributed by atoms with E-state index in [1.54, 1.807) is 31.4 Å². The Balaban J connectivity index is 2.03. The van der Waals surface area contributed by atoms with E-state index in [0.29, 0.717) is 29.4 Å². The van der Waals surface area contributed by atoms with E-state index in [2.05, 4.69) is 5.16 Å². The van der Waals surface area contributed by atoms with Crippen molar-refractivity contribution in [2.45, 2.75) is 20.1 Å². The summed E-state index contributed by atoms with van der Waals surface area (Å²) in [4.78, 5) is 11.4. The molecule has 1 heterocycles. The molecule has 0 radical (unpaired) electrons. The van der Waals surface area contributed by atoms with Crippen molar-refractivity contribution < 1.29 is 18.8 Å². The fourth-order valence-electron chi connectivity index (χ4n) is 1.67. The SMILES string of the molecule is COCc1cc(COc2ccccc2C(C)=O)no1. The monoisotopic (exact) mass is 261 g/mol. The van der Waals surface area contributed by atoms with Gasteiger partial charge < -0.3 is 14.0 Å². The fourth-order valence-corrected chi connectivity index (χ4v) is 1.67. The van der Waals surface area contributed by atoms with Crippen LogP contribution < -0.4 is 4.74 Å². The largest absolute Gasteiger partial charge is 0.486 e. The molecule has 0 unspecified atom stereocenters. The Morgan fingerprint density at radius 3 is 2.84 bits per heavy atom. The number of carbonyl (C=O) groups excluding carboxylic acids is 1. The second-order valence-electron chi connectivity index (χ2n) is 4.06. The van der Waals surface area contributed by atoms with Crippen molar-refractivity contribution in [1.29, 1.82) is 0 Å². The summed E-state index contributed by atoms with van der Waals surface area (Å²) in [5.74, 6) is 1.16. The lowest BCUT2D eigenvalue weighted by Gasteiger charge is -2.07. The molecule has 5 heteroatoms. The van der Waals surface area contributed by atoms with E-state index >= 15 is 0 Å². The van der Waals surface area contributed by atoms with Gasteiger partial charge in [-0.25, -0.2) is 0 Å². The maximum Gasteiger partial charge on any atom is 0.163 e. The predicted octanol–water partition coefficient (Wildman–Crippen LogP) is 2.60. The fraction of sp³-hybridized carbons (Fsp3) is 0.286. The maximum absolute atomic E-state index is 11.4. The van der Waals surface area contributed by atoms with Crippen LogP contribution in [0.5, 0.6) is 5.75 Å². The second kappa shape index (κ2) is 6.15. The van der Waals surface area contributed by atoms with Crippen LogP contribution in [0.25, 0.3) is 0 Å². The van der Waals surface area contributed by atoms with Gasteiger partial charge in [-0.15, -0.1) is 0 Å². The number of ketones is 1. The molecule has 0 aliphatic rings. The second-order valence-corrected chi connectivity index (χ2v) is 4.06. The van der Waals surface area contributed by atoms with E-state index < -0.39 is 0 Å². The summed E-state index contributed by atoms with van der Waals surface area (Å²) < 4.78 is 15.6. The summed E-state index contributed by atoms with van der Waals surface area (Å²) >= 11 is 0. The number of ether oxygens (including phenoxy) is 2. The van der Waals surface area contributed by atoms with Crippen molar-refractivity contribution in [2.24, 2.45) is 0 Å². The minimum absolute atomic E-state index is 0.0316. The first kappa shape index (κ1) is 13.3. The van der Waals surface area contributed by atoms with Gasteiger partial charge in [0.2, 0.25) is 0 Å². The lowest BCUT2D eigenvalue weighted by Crippen LogP contribution is -2.01. The first-order valence-corrected chi connectivity index (χ1v) is 5.87. The molecule has 19 heavy (non-hydrogen) atoms. The number of benzene rings is 1. The molecule has 0 bridgehead atoms. The number of nitrogens with zero attached hydrogens (tertiary/aromatic N) is 1. The van der Waals surface area contributed by atoms with Gasteiger partial charge in [-0.2, -0.15) is 0 Å². The van der Waals surface area contributed by atoms with Crippen LogP contribution in [0.4, 0.5) is 0 Å². The lowest BCUT2D eigenvalue weighted by molar-refractivity contribution is 0.101. The first-order chi connectivity index (χ1) is 9.20. The highest BCUT2D eigenvalue weighted by Gasteiger charge is 2.09. The molecule has 0 saturated heterocycles. The van der Waals surface area contributed by atoms with Crippen LogP contribution in [0.15, 0.2) is 34.9 Å². The van der Waals surface area contributed by atoms with Crippen molar-refractivity contribution in [1.82, 2.24) is 5.16 Å². The number of rotatable bonds is 6.